The highest BCUT2D eigenvalue weighted by Gasteiger charge is 2.15. The van der Waals surface area contributed by atoms with Gasteiger partial charge in [-0.05, 0) is 0 Å². The monoisotopic (exact) mass is 247 g/mol. The zero-order chi connectivity index (χ0) is 13.4. The lowest BCUT2D eigenvalue weighted by molar-refractivity contribution is -0.142. The first-order valence-corrected chi connectivity index (χ1v) is 4.56. The molecule has 9 heteroatoms. The minimum absolute atomic E-state index is 0.0995. The number of imide groups is 1. The number of carboxylic acid groups (broad SMARTS) is 2. The van der Waals surface area contributed by atoms with Gasteiger partial charge >= 0.3 is 18.0 Å². The summed E-state index contributed by atoms with van der Waals surface area (Å²) < 4.78 is 0. The highest BCUT2D eigenvalue weighted by atomic mass is 16.4. The van der Waals surface area contributed by atoms with Crippen molar-refractivity contribution in [3.05, 3.63) is 0 Å². The van der Waals surface area contributed by atoms with Gasteiger partial charge in [0.25, 0.3) is 0 Å². The molecule has 0 heterocycles. The summed E-state index contributed by atoms with van der Waals surface area (Å²) in [6, 6.07) is -1.02. The fraction of sp³-hybridized carbons (Fsp3) is 0.500. The van der Waals surface area contributed by atoms with Gasteiger partial charge in [-0.3, -0.25) is 24.6 Å². The molecule has 0 rings (SSSR count). The van der Waals surface area contributed by atoms with Crippen LogP contribution in [0.5, 0.6) is 0 Å². The zero-order valence-electron chi connectivity index (χ0n) is 8.88. The molecule has 0 aromatic rings. The smallest absolute Gasteiger partial charge is 0.318 e. The Morgan fingerprint density at radius 1 is 1.06 bits per heavy atom. The van der Waals surface area contributed by atoms with Crippen molar-refractivity contribution in [2.75, 3.05) is 19.6 Å². The van der Waals surface area contributed by atoms with Crippen LogP contribution in [-0.4, -0.2) is 58.6 Å². The Morgan fingerprint density at radius 3 is 1.88 bits per heavy atom. The van der Waals surface area contributed by atoms with Gasteiger partial charge in [-0.2, -0.15) is 0 Å². The van der Waals surface area contributed by atoms with Crippen molar-refractivity contribution in [2.45, 2.75) is 6.42 Å². The van der Waals surface area contributed by atoms with Crippen molar-refractivity contribution in [1.29, 1.82) is 0 Å². The molecule has 0 bridgehead atoms. The number of primary amides is 1. The van der Waals surface area contributed by atoms with E-state index in [1.807, 2.05) is 0 Å². The van der Waals surface area contributed by atoms with Gasteiger partial charge in [0.05, 0.1) is 13.1 Å². The first kappa shape index (κ1) is 14.8. The van der Waals surface area contributed by atoms with Crippen molar-refractivity contribution in [3.8, 4) is 0 Å². The van der Waals surface area contributed by atoms with Gasteiger partial charge < -0.3 is 15.9 Å². The van der Waals surface area contributed by atoms with Crippen LogP contribution in [0.1, 0.15) is 6.42 Å². The maximum absolute atomic E-state index is 11.0. The summed E-state index contributed by atoms with van der Waals surface area (Å²) in [5, 5.41) is 18.8. The Morgan fingerprint density at radius 2 is 1.53 bits per heavy atom. The summed E-state index contributed by atoms with van der Waals surface area (Å²) in [6.07, 6.45) is -0.219. The van der Waals surface area contributed by atoms with E-state index in [0.717, 1.165) is 4.90 Å². The van der Waals surface area contributed by atoms with Gasteiger partial charge in [0, 0.05) is 13.0 Å². The standard InChI is InChI=1S/C8H13N3O6/c9-8(17)10-5(12)1-2-11(3-6(13)14)4-7(15)16/h1-4H2,(H,13,14)(H,15,16)(H3,9,10,12,17). The number of carbonyl (C=O) groups excluding carboxylic acids is 2. The summed E-state index contributed by atoms with van der Waals surface area (Å²) in [6.45, 7) is -1.11. The molecule has 0 unspecified atom stereocenters. The molecule has 3 amide bonds. The molecule has 9 nitrogen and oxygen atoms in total. The Balaban J connectivity index is 4.14. The molecular formula is C8H13N3O6. The summed E-state index contributed by atoms with van der Waals surface area (Å²) in [5.74, 6) is -3.11. The van der Waals surface area contributed by atoms with E-state index in [9.17, 15) is 19.2 Å². The van der Waals surface area contributed by atoms with Gasteiger partial charge in [0.1, 0.15) is 0 Å². The van der Waals surface area contributed by atoms with Gasteiger partial charge in [-0.25, -0.2) is 4.79 Å². The summed E-state index contributed by atoms with van der Waals surface area (Å²) in [4.78, 5) is 43.2. The lowest BCUT2D eigenvalue weighted by atomic mass is 10.3. The average Bonchev–Trinajstić information content (AvgIpc) is 2.11. The number of carboxylic acids is 2. The van der Waals surface area contributed by atoms with Crippen molar-refractivity contribution in [2.24, 2.45) is 5.73 Å². The molecule has 0 aliphatic heterocycles. The second-order valence-electron chi connectivity index (χ2n) is 3.16. The topological polar surface area (TPSA) is 150 Å². The molecule has 0 aromatic heterocycles. The molecule has 0 fully saturated rings. The third-order valence-corrected chi connectivity index (χ3v) is 1.64. The van der Waals surface area contributed by atoms with E-state index < -0.39 is 37.0 Å². The van der Waals surface area contributed by atoms with Crippen molar-refractivity contribution < 1.29 is 29.4 Å². The van der Waals surface area contributed by atoms with Crippen molar-refractivity contribution in [1.82, 2.24) is 10.2 Å². The lowest BCUT2D eigenvalue weighted by Crippen LogP contribution is -2.40. The number of amides is 3. The van der Waals surface area contributed by atoms with Crippen molar-refractivity contribution >= 4 is 23.9 Å². The van der Waals surface area contributed by atoms with E-state index in [-0.39, 0.29) is 13.0 Å². The number of urea groups is 1. The number of carbonyl (C=O) groups is 4. The Kier molecular flexibility index (Phi) is 6.26. The molecule has 0 atom stereocenters. The maximum Gasteiger partial charge on any atom is 0.318 e. The minimum atomic E-state index is -1.21. The quantitative estimate of drug-likeness (QED) is 0.408. The molecule has 0 radical (unpaired) electrons. The maximum atomic E-state index is 11.0. The molecule has 17 heavy (non-hydrogen) atoms. The largest absolute Gasteiger partial charge is 0.480 e. The SMILES string of the molecule is NC(=O)NC(=O)CCN(CC(=O)O)CC(=O)O. The molecule has 0 saturated carbocycles. The fourth-order valence-corrected chi connectivity index (χ4v) is 1.06. The molecule has 0 aromatic carbocycles. The summed E-state index contributed by atoms with van der Waals surface area (Å²) >= 11 is 0. The van der Waals surface area contributed by atoms with Crippen LogP contribution in [0.15, 0.2) is 0 Å². The van der Waals surface area contributed by atoms with E-state index in [0.29, 0.717) is 0 Å². The van der Waals surface area contributed by atoms with Crippen LogP contribution in [0.4, 0.5) is 4.79 Å². The van der Waals surface area contributed by atoms with Crippen LogP contribution in [0, 0.1) is 0 Å². The number of hydrogen-bond acceptors (Lipinski definition) is 5. The van der Waals surface area contributed by atoms with Crippen LogP contribution in [-0.2, 0) is 14.4 Å². The zero-order valence-corrected chi connectivity index (χ0v) is 8.88. The van der Waals surface area contributed by atoms with E-state index in [4.69, 9.17) is 10.2 Å². The molecule has 96 valence electrons. The van der Waals surface area contributed by atoms with Gasteiger partial charge in [0.15, 0.2) is 0 Å². The van der Waals surface area contributed by atoms with Crippen LogP contribution in [0.3, 0.4) is 0 Å². The third kappa shape index (κ3) is 8.81. The van der Waals surface area contributed by atoms with Crippen LogP contribution in [0.25, 0.3) is 0 Å². The highest BCUT2D eigenvalue weighted by Crippen LogP contribution is 1.92. The molecular weight excluding hydrogens is 234 g/mol. The first-order chi connectivity index (χ1) is 7.81. The number of nitrogens with two attached hydrogens (primary N) is 1. The number of rotatable bonds is 7. The van der Waals surface area contributed by atoms with Gasteiger partial charge in [-0.15, -0.1) is 0 Å². The first-order valence-electron chi connectivity index (χ1n) is 4.56. The second-order valence-corrected chi connectivity index (χ2v) is 3.16. The third-order valence-electron chi connectivity index (χ3n) is 1.64. The van der Waals surface area contributed by atoms with E-state index in [2.05, 4.69) is 5.73 Å². The second kappa shape index (κ2) is 7.17. The van der Waals surface area contributed by atoms with Crippen LogP contribution >= 0.6 is 0 Å². The fourth-order valence-electron chi connectivity index (χ4n) is 1.06. The van der Waals surface area contributed by atoms with Crippen molar-refractivity contribution in [3.63, 3.8) is 0 Å². The predicted molar refractivity (Wildman–Crippen MR) is 54.1 cm³/mol. The predicted octanol–water partition coefficient (Wildman–Crippen LogP) is -1.96. The van der Waals surface area contributed by atoms with E-state index in [1.165, 1.54) is 0 Å². The summed E-state index contributed by atoms with van der Waals surface area (Å²) in [5.41, 5.74) is 4.69. The lowest BCUT2D eigenvalue weighted by Gasteiger charge is -2.16. The van der Waals surface area contributed by atoms with Gasteiger partial charge in [-0.1, -0.05) is 0 Å². The Bertz CT molecular complexity index is 313. The Labute approximate surface area is 96.2 Å². The molecule has 5 N–H and O–H groups in total. The van der Waals surface area contributed by atoms with Gasteiger partial charge in [0.2, 0.25) is 5.91 Å². The molecule has 0 aliphatic rings. The molecule has 0 saturated heterocycles. The number of aliphatic carboxylic acids is 2. The Hall–Kier alpha value is -2.16. The highest BCUT2D eigenvalue weighted by molar-refractivity contribution is 5.93. The molecule has 0 spiro atoms. The van der Waals surface area contributed by atoms with Crippen LogP contribution in [0.2, 0.25) is 0 Å². The van der Waals surface area contributed by atoms with E-state index >= 15 is 0 Å². The summed E-state index contributed by atoms with van der Waals surface area (Å²) in [7, 11) is 0. The van der Waals surface area contributed by atoms with E-state index in [1.54, 1.807) is 5.32 Å². The number of nitrogens with one attached hydrogen (secondary N) is 1. The minimum Gasteiger partial charge on any atom is -0.480 e. The molecule has 0 aliphatic carbocycles. The average molecular weight is 247 g/mol. The van der Waals surface area contributed by atoms with Crippen LogP contribution < -0.4 is 11.1 Å². The number of nitrogens with zero attached hydrogens (tertiary/aromatic N) is 1. The normalized spacial score (nSPS) is 9.94. The number of hydrogen-bond donors (Lipinski definition) is 4.